The van der Waals surface area contributed by atoms with Crippen LogP contribution in [0, 0.1) is 5.41 Å². The summed E-state index contributed by atoms with van der Waals surface area (Å²) in [4.78, 5) is 43.9. The second kappa shape index (κ2) is 33.9. The van der Waals surface area contributed by atoms with E-state index < -0.39 is 55.7 Å². The second-order valence-corrected chi connectivity index (χ2v) is 32.6. The number of carboxylic acids is 4. The van der Waals surface area contributed by atoms with E-state index in [2.05, 4.69) is 26.3 Å². The minimum absolute atomic E-state index is 0. The minimum atomic E-state index is -1.11. The summed E-state index contributed by atoms with van der Waals surface area (Å²) in [6.07, 6.45) is 1.12. The number of carbonyl (C=O) groups is 4. The highest BCUT2D eigenvalue weighted by Crippen LogP contribution is 2.44. The summed E-state index contributed by atoms with van der Waals surface area (Å²) in [7, 11) is 0. The number of aliphatic hydroxyl groups excluding tert-OH is 4. The van der Waals surface area contributed by atoms with Gasteiger partial charge in [-0.1, -0.05) is 248 Å². The van der Waals surface area contributed by atoms with Gasteiger partial charge in [0.25, 0.3) is 0 Å². The summed E-state index contributed by atoms with van der Waals surface area (Å²) in [6.45, 7) is 61.5. The van der Waals surface area contributed by atoms with Crippen LogP contribution < -0.4 is 0 Å². The Bertz CT molecular complexity index is 2730. The molecule has 94 heavy (non-hydrogen) atoms. The lowest BCUT2D eigenvalue weighted by molar-refractivity contribution is -0.133. The van der Waals surface area contributed by atoms with Crippen molar-refractivity contribution in [3.63, 3.8) is 0 Å². The first-order valence-electron chi connectivity index (χ1n) is 31.1. The van der Waals surface area contributed by atoms with E-state index in [-0.39, 0.29) is 98.7 Å². The third kappa shape index (κ3) is 26.9. The maximum Gasteiger partial charge on any atom is 0.331 e. The van der Waals surface area contributed by atoms with Crippen molar-refractivity contribution in [3.8, 4) is 23.0 Å². The van der Waals surface area contributed by atoms with Crippen LogP contribution in [0.5, 0.6) is 23.0 Å². The van der Waals surface area contributed by atoms with Crippen molar-refractivity contribution in [2.75, 3.05) is 26.4 Å². The second-order valence-electron chi connectivity index (χ2n) is 32.6. The van der Waals surface area contributed by atoms with Gasteiger partial charge in [0, 0.05) is 48.0 Å². The van der Waals surface area contributed by atoms with Gasteiger partial charge in [-0.15, -0.1) is 0 Å². The number of carboxylic acid groups (broad SMARTS) is 4. The molecule has 0 amide bonds. The minimum Gasteiger partial charge on any atom is -0.507 e. The molecule has 16 heteroatoms. The standard InChI is InChI=1S/4C18H26O3.C5H12O4.CH4/c4*1-11(16(20)21)8-12-9-13(17(2,3)4)15(19)14(10-12)18(5,6)7;6-1-5(2-7,3-8)4-9;/h4*9-10,19H,1,8H2,2-7H3,(H,20,21);6-9H,1-4H2;1H4. The molecule has 4 aromatic rings. The van der Waals surface area contributed by atoms with Crippen LogP contribution in [-0.2, 0) is 88.2 Å². The van der Waals surface area contributed by atoms with Crippen molar-refractivity contribution in [2.24, 2.45) is 5.41 Å². The summed E-state index contributed by atoms with van der Waals surface area (Å²) in [5.74, 6) is -2.73. The van der Waals surface area contributed by atoms with Crippen LogP contribution in [-0.4, -0.2) is 112 Å². The first-order valence-corrected chi connectivity index (χ1v) is 31.1. The summed E-state index contributed by atoms with van der Waals surface area (Å²) in [5, 5.41) is 112. The van der Waals surface area contributed by atoms with Gasteiger partial charge in [0.05, 0.1) is 31.8 Å². The first-order chi connectivity index (χ1) is 41.6. The van der Waals surface area contributed by atoms with Gasteiger partial charge in [0.2, 0.25) is 0 Å². The molecule has 4 rings (SSSR count). The van der Waals surface area contributed by atoms with Crippen LogP contribution in [0.15, 0.2) is 97.1 Å². The van der Waals surface area contributed by atoms with E-state index in [0.717, 1.165) is 66.8 Å². The SMILES string of the molecule is C.C=C(Cc1cc(C(C)(C)C)c(O)c(C(C)(C)C)c1)C(=O)O.C=C(Cc1cc(C(C)(C)C)c(O)c(C(C)(C)C)c1)C(=O)O.C=C(Cc1cc(C(C)(C)C)c(O)c(C(C)(C)C)c1)C(=O)O.C=C(Cc1cc(C(C)(C)C)c(O)c(C(C)(C)C)c1)C(=O)O.OCC(CO)(CO)CO. The topological polar surface area (TPSA) is 311 Å². The number of phenols is 4. The van der Waals surface area contributed by atoms with Gasteiger partial charge < -0.3 is 61.3 Å². The molecular weight excluding hydrogens is 1190 g/mol. The molecule has 0 heterocycles. The van der Waals surface area contributed by atoms with E-state index in [9.17, 15) is 39.6 Å². The number of rotatable bonds is 16. The molecule has 0 aliphatic heterocycles. The zero-order valence-corrected chi connectivity index (χ0v) is 60.6. The Kier molecular flexibility index (Phi) is 32.1. The molecule has 0 saturated carbocycles. The van der Waals surface area contributed by atoms with E-state index >= 15 is 0 Å². The van der Waals surface area contributed by atoms with Gasteiger partial charge in [-0.3, -0.25) is 0 Å². The lowest BCUT2D eigenvalue weighted by atomic mass is 9.78. The molecule has 528 valence electrons. The predicted octanol–water partition coefficient (Wildman–Crippen LogP) is 15.3. The van der Waals surface area contributed by atoms with Gasteiger partial charge >= 0.3 is 23.9 Å². The molecule has 0 aliphatic rings. The normalized spacial score (nSPS) is 12.1. The van der Waals surface area contributed by atoms with Crippen LogP contribution in [0.2, 0.25) is 0 Å². The molecule has 0 spiro atoms. The van der Waals surface area contributed by atoms with Crippen molar-refractivity contribution >= 4 is 23.9 Å². The Morgan fingerprint density at radius 3 is 0.447 bits per heavy atom. The molecule has 0 unspecified atom stereocenters. The number of aliphatic carboxylic acids is 4. The van der Waals surface area contributed by atoms with E-state index in [1.807, 2.05) is 215 Å². The molecular formula is C78H120O16. The monoisotopic (exact) mass is 1310 g/mol. The molecule has 12 N–H and O–H groups in total. The first kappa shape index (κ1) is 88.8. The fraction of sp³-hybridized carbons (Fsp3) is 0.538. The van der Waals surface area contributed by atoms with E-state index in [1.165, 1.54) is 0 Å². The highest BCUT2D eigenvalue weighted by molar-refractivity contribution is 5.88. The van der Waals surface area contributed by atoms with Gasteiger partial charge in [0.15, 0.2) is 0 Å². The lowest BCUT2D eigenvalue weighted by Crippen LogP contribution is -2.37. The molecule has 0 bridgehead atoms. The van der Waals surface area contributed by atoms with Gasteiger partial charge in [-0.25, -0.2) is 19.2 Å². The van der Waals surface area contributed by atoms with Crippen molar-refractivity contribution in [1.29, 1.82) is 0 Å². The quantitative estimate of drug-likeness (QED) is 0.0464. The Balaban J connectivity index is 0. The Hall–Kier alpha value is -7.24. The van der Waals surface area contributed by atoms with E-state index in [0.29, 0.717) is 23.0 Å². The predicted molar refractivity (Wildman–Crippen MR) is 381 cm³/mol. The summed E-state index contributed by atoms with van der Waals surface area (Å²) < 4.78 is 0. The summed E-state index contributed by atoms with van der Waals surface area (Å²) in [6, 6.07) is 15.1. The number of aliphatic hydroxyl groups is 4. The van der Waals surface area contributed by atoms with Crippen LogP contribution in [0.25, 0.3) is 0 Å². The van der Waals surface area contributed by atoms with Crippen LogP contribution in [0.1, 0.15) is 240 Å². The molecule has 4 aromatic carbocycles. The van der Waals surface area contributed by atoms with E-state index in [4.69, 9.17) is 40.9 Å². The van der Waals surface area contributed by atoms with Gasteiger partial charge in [-0.05, 0) is 110 Å². The van der Waals surface area contributed by atoms with Crippen molar-refractivity contribution in [2.45, 2.75) is 243 Å². The van der Waals surface area contributed by atoms with Crippen LogP contribution in [0.3, 0.4) is 0 Å². The van der Waals surface area contributed by atoms with Crippen molar-refractivity contribution < 1.29 is 80.5 Å². The molecule has 0 radical (unpaired) electrons. The van der Waals surface area contributed by atoms with Crippen LogP contribution in [0.4, 0.5) is 0 Å². The largest absolute Gasteiger partial charge is 0.507 e. The average Bonchev–Trinajstić information content (AvgIpc) is 0.808. The molecule has 16 nitrogen and oxygen atoms in total. The highest BCUT2D eigenvalue weighted by atomic mass is 16.4. The molecule has 0 saturated heterocycles. The van der Waals surface area contributed by atoms with Gasteiger partial charge in [-0.2, -0.15) is 0 Å². The number of hydrogen-bond acceptors (Lipinski definition) is 12. The summed E-state index contributed by atoms with van der Waals surface area (Å²) in [5.41, 5.74) is 7.93. The third-order valence-corrected chi connectivity index (χ3v) is 15.4. The third-order valence-electron chi connectivity index (χ3n) is 15.4. The number of hydrogen-bond donors (Lipinski definition) is 12. The molecule has 0 aliphatic carbocycles. The van der Waals surface area contributed by atoms with E-state index in [1.54, 1.807) is 0 Å². The molecule has 0 fully saturated rings. The van der Waals surface area contributed by atoms with Gasteiger partial charge in [0.1, 0.15) is 23.0 Å². The maximum atomic E-state index is 11.0. The zero-order chi connectivity index (χ0) is 73.7. The smallest absolute Gasteiger partial charge is 0.331 e. The number of benzene rings is 4. The van der Waals surface area contributed by atoms with Crippen LogP contribution >= 0.6 is 0 Å². The fourth-order valence-corrected chi connectivity index (χ4v) is 9.35. The number of phenolic OH excluding ortho intramolecular Hbond substituents is 4. The Morgan fingerprint density at radius 2 is 0.383 bits per heavy atom. The zero-order valence-electron chi connectivity index (χ0n) is 60.6. The molecule has 0 aromatic heterocycles. The van der Waals surface area contributed by atoms with Crippen molar-refractivity contribution in [1.82, 2.24) is 0 Å². The molecule has 0 atom stereocenters. The lowest BCUT2D eigenvalue weighted by Gasteiger charge is -2.28. The maximum absolute atomic E-state index is 11.0. The Morgan fingerprint density at radius 1 is 0.277 bits per heavy atom. The fourth-order valence-electron chi connectivity index (χ4n) is 9.35. The Labute approximate surface area is 563 Å². The van der Waals surface area contributed by atoms with Crippen molar-refractivity contribution in [3.05, 3.63) is 164 Å². The number of aromatic hydroxyl groups is 4. The average molecular weight is 1310 g/mol. The summed E-state index contributed by atoms with van der Waals surface area (Å²) >= 11 is 0. The highest BCUT2D eigenvalue weighted by Gasteiger charge is 2.32.